The summed E-state index contributed by atoms with van der Waals surface area (Å²) >= 11 is 0. The van der Waals surface area contributed by atoms with Crippen molar-refractivity contribution in [2.45, 2.75) is 37.2 Å². The van der Waals surface area contributed by atoms with E-state index in [1.54, 1.807) is 0 Å². The van der Waals surface area contributed by atoms with Crippen LogP contribution in [0.25, 0.3) is 0 Å². The Morgan fingerprint density at radius 1 is 1.21 bits per heavy atom. The number of aryl methyl sites for hydroxylation is 1. The third kappa shape index (κ3) is 5.06. The first-order valence-corrected chi connectivity index (χ1v) is 10.6. The molecule has 3 rings (SSSR count). The standard InChI is InChI=1S/C19H24N4O4S/c1-14-3-2-4-15(11-14)13-22-9-7-16(8-10-22)21-18-6-5-17(23(24)25)12-19(18)28(20,26)27/h2-6,11-12,16,21H,7-10,13H2,1H3,(H2,20,26,27). The highest BCUT2D eigenvalue weighted by Gasteiger charge is 2.23. The largest absolute Gasteiger partial charge is 0.381 e. The van der Waals surface area contributed by atoms with Crippen LogP contribution in [0.1, 0.15) is 24.0 Å². The minimum absolute atomic E-state index is 0.0794. The molecule has 150 valence electrons. The summed E-state index contributed by atoms with van der Waals surface area (Å²) in [5.74, 6) is 0. The van der Waals surface area contributed by atoms with Crippen LogP contribution in [0, 0.1) is 17.0 Å². The first kappa shape index (κ1) is 20.2. The fraction of sp³-hybridized carbons (Fsp3) is 0.368. The Kier molecular flexibility index (Phi) is 5.97. The number of nitrogens with two attached hydrogens (primary N) is 1. The van der Waals surface area contributed by atoms with E-state index in [-0.39, 0.29) is 16.6 Å². The monoisotopic (exact) mass is 404 g/mol. The van der Waals surface area contributed by atoms with Crippen molar-refractivity contribution >= 4 is 21.4 Å². The number of rotatable bonds is 6. The van der Waals surface area contributed by atoms with Crippen molar-refractivity contribution in [3.05, 3.63) is 63.7 Å². The van der Waals surface area contributed by atoms with Crippen molar-refractivity contribution in [2.24, 2.45) is 5.14 Å². The van der Waals surface area contributed by atoms with Gasteiger partial charge in [-0.25, -0.2) is 13.6 Å². The normalized spacial score (nSPS) is 16.1. The van der Waals surface area contributed by atoms with Crippen LogP contribution in [0.15, 0.2) is 47.4 Å². The Bertz CT molecular complexity index is 970. The molecule has 0 aliphatic carbocycles. The maximum Gasteiger partial charge on any atom is 0.270 e. The third-order valence-electron chi connectivity index (χ3n) is 4.92. The van der Waals surface area contributed by atoms with Gasteiger partial charge in [0.1, 0.15) is 4.90 Å². The molecular weight excluding hydrogens is 380 g/mol. The number of benzene rings is 2. The molecule has 3 N–H and O–H groups in total. The van der Waals surface area contributed by atoms with Gasteiger partial charge in [0.05, 0.1) is 10.6 Å². The van der Waals surface area contributed by atoms with Crippen LogP contribution in [-0.4, -0.2) is 37.4 Å². The third-order valence-corrected chi connectivity index (χ3v) is 5.87. The van der Waals surface area contributed by atoms with Crippen LogP contribution >= 0.6 is 0 Å². The average Bonchev–Trinajstić information content (AvgIpc) is 2.62. The van der Waals surface area contributed by atoms with E-state index < -0.39 is 14.9 Å². The SMILES string of the molecule is Cc1cccc(CN2CCC(Nc3ccc([N+](=O)[O-])cc3S(N)(=O)=O)CC2)c1. The number of sulfonamides is 1. The van der Waals surface area contributed by atoms with Crippen molar-refractivity contribution in [2.75, 3.05) is 18.4 Å². The highest BCUT2D eigenvalue weighted by atomic mass is 32.2. The van der Waals surface area contributed by atoms with Gasteiger partial charge in [-0.3, -0.25) is 15.0 Å². The van der Waals surface area contributed by atoms with E-state index in [0.29, 0.717) is 5.69 Å². The molecule has 0 unspecified atom stereocenters. The van der Waals surface area contributed by atoms with Gasteiger partial charge in [0.25, 0.3) is 5.69 Å². The van der Waals surface area contributed by atoms with Crippen molar-refractivity contribution in [1.29, 1.82) is 0 Å². The zero-order chi connectivity index (χ0) is 20.3. The predicted molar refractivity (Wildman–Crippen MR) is 108 cm³/mol. The second-order valence-electron chi connectivity index (χ2n) is 7.17. The van der Waals surface area contributed by atoms with Crippen LogP contribution in [0.5, 0.6) is 0 Å². The molecule has 28 heavy (non-hydrogen) atoms. The number of piperidine rings is 1. The van der Waals surface area contributed by atoms with E-state index in [9.17, 15) is 18.5 Å². The molecule has 0 aromatic heterocycles. The molecule has 1 aliphatic heterocycles. The summed E-state index contributed by atoms with van der Waals surface area (Å²) in [5, 5.41) is 19.4. The summed E-state index contributed by atoms with van der Waals surface area (Å²) in [6.07, 6.45) is 1.68. The fourth-order valence-electron chi connectivity index (χ4n) is 3.50. The molecule has 1 fully saturated rings. The number of likely N-dealkylation sites (tertiary alicyclic amines) is 1. The average molecular weight is 404 g/mol. The first-order chi connectivity index (χ1) is 13.2. The first-order valence-electron chi connectivity index (χ1n) is 9.08. The number of nitro benzene ring substituents is 1. The lowest BCUT2D eigenvalue weighted by Crippen LogP contribution is -2.39. The Morgan fingerprint density at radius 2 is 1.93 bits per heavy atom. The quantitative estimate of drug-likeness (QED) is 0.564. The minimum atomic E-state index is -4.07. The molecular formula is C19H24N4O4S. The summed E-state index contributed by atoms with van der Waals surface area (Å²) in [5.41, 5.74) is 2.52. The molecule has 0 bridgehead atoms. The lowest BCUT2D eigenvalue weighted by atomic mass is 10.0. The van der Waals surface area contributed by atoms with Gasteiger partial charge in [-0.15, -0.1) is 0 Å². The molecule has 0 atom stereocenters. The number of nitrogens with one attached hydrogen (secondary N) is 1. The number of nitro groups is 1. The summed E-state index contributed by atoms with van der Waals surface area (Å²) < 4.78 is 23.7. The van der Waals surface area contributed by atoms with Crippen LogP contribution in [0.2, 0.25) is 0 Å². The molecule has 2 aromatic rings. The molecule has 8 nitrogen and oxygen atoms in total. The maximum atomic E-state index is 11.9. The van der Waals surface area contributed by atoms with Crippen molar-refractivity contribution in [3.8, 4) is 0 Å². The summed E-state index contributed by atoms with van der Waals surface area (Å²) in [7, 11) is -4.07. The number of primary sulfonamides is 1. The van der Waals surface area contributed by atoms with E-state index in [2.05, 4.69) is 41.4 Å². The van der Waals surface area contributed by atoms with Crippen molar-refractivity contribution in [3.63, 3.8) is 0 Å². The van der Waals surface area contributed by atoms with Gasteiger partial charge in [-0.2, -0.15) is 0 Å². The number of nitrogens with zero attached hydrogens (tertiary/aromatic N) is 2. The van der Waals surface area contributed by atoms with E-state index >= 15 is 0 Å². The molecule has 2 aromatic carbocycles. The minimum Gasteiger partial charge on any atom is -0.381 e. The number of non-ortho nitro benzene ring substituents is 1. The van der Waals surface area contributed by atoms with Gasteiger partial charge in [-0.05, 0) is 31.4 Å². The zero-order valence-corrected chi connectivity index (χ0v) is 16.5. The second kappa shape index (κ2) is 8.26. The molecule has 0 spiro atoms. The molecule has 1 heterocycles. The number of anilines is 1. The number of hydrogen-bond donors (Lipinski definition) is 2. The smallest absolute Gasteiger partial charge is 0.270 e. The summed E-state index contributed by atoms with van der Waals surface area (Å²) in [4.78, 5) is 12.4. The van der Waals surface area contributed by atoms with Crippen LogP contribution in [0.4, 0.5) is 11.4 Å². The van der Waals surface area contributed by atoms with Gasteiger partial charge in [0.15, 0.2) is 0 Å². The second-order valence-corrected chi connectivity index (χ2v) is 8.70. The summed E-state index contributed by atoms with van der Waals surface area (Å²) in [6.45, 7) is 4.72. The van der Waals surface area contributed by atoms with Crippen LogP contribution in [0.3, 0.4) is 0 Å². The molecule has 1 aliphatic rings. The van der Waals surface area contributed by atoms with E-state index in [1.807, 2.05) is 0 Å². The van der Waals surface area contributed by atoms with Crippen LogP contribution < -0.4 is 10.5 Å². The summed E-state index contributed by atoms with van der Waals surface area (Å²) in [6, 6.07) is 12.2. The van der Waals surface area contributed by atoms with Crippen LogP contribution in [-0.2, 0) is 16.6 Å². The van der Waals surface area contributed by atoms with Gasteiger partial charge < -0.3 is 5.32 Å². The van der Waals surface area contributed by atoms with E-state index in [1.165, 1.54) is 23.3 Å². The molecule has 0 radical (unpaired) electrons. The lowest BCUT2D eigenvalue weighted by molar-refractivity contribution is -0.385. The Balaban J connectivity index is 1.65. The Labute approximate surface area is 164 Å². The van der Waals surface area contributed by atoms with Gasteiger partial charge in [-0.1, -0.05) is 29.8 Å². The van der Waals surface area contributed by atoms with Gasteiger partial charge >= 0.3 is 0 Å². The fourth-order valence-corrected chi connectivity index (χ4v) is 4.22. The molecule has 0 amide bonds. The highest BCUT2D eigenvalue weighted by molar-refractivity contribution is 7.89. The van der Waals surface area contributed by atoms with Gasteiger partial charge in [0.2, 0.25) is 10.0 Å². The highest BCUT2D eigenvalue weighted by Crippen LogP contribution is 2.28. The predicted octanol–water partition coefficient (Wildman–Crippen LogP) is 2.63. The van der Waals surface area contributed by atoms with E-state index in [4.69, 9.17) is 5.14 Å². The molecule has 1 saturated heterocycles. The maximum absolute atomic E-state index is 11.9. The molecule has 9 heteroatoms. The van der Waals surface area contributed by atoms with Crippen molar-refractivity contribution < 1.29 is 13.3 Å². The van der Waals surface area contributed by atoms with Gasteiger partial charge in [0, 0.05) is 37.8 Å². The Morgan fingerprint density at radius 3 is 2.54 bits per heavy atom. The van der Waals surface area contributed by atoms with Crippen molar-refractivity contribution in [1.82, 2.24) is 4.90 Å². The number of hydrogen-bond acceptors (Lipinski definition) is 6. The Hall–Kier alpha value is -2.49. The zero-order valence-electron chi connectivity index (χ0n) is 15.7. The molecule has 0 saturated carbocycles. The lowest BCUT2D eigenvalue weighted by Gasteiger charge is -2.33. The van der Waals surface area contributed by atoms with E-state index in [0.717, 1.165) is 38.5 Å². The topological polar surface area (TPSA) is 119 Å².